The molecule has 1 atom stereocenters. The third kappa shape index (κ3) is 2.66. The third-order valence-electron chi connectivity index (χ3n) is 3.84. The first-order valence-electron chi connectivity index (χ1n) is 7.42. The number of aromatic nitrogens is 4. The number of nitrogens with one attached hydrogen (secondary N) is 1. The molecule has 116 valence electrons. The maximum absolute atomic E-state index is 12.4. The molecule has 7 heteroatoms. The van der Waals surface area contributed by atoms with Gasteiger partial charge in [0, 0.05) is 38.8 Å². The molecule has 0 bridgehead atoms. The summed E-state index contributed by atoms with van der Waals surface area (Å²) in [4.78, 5) is 18.5. The van der Waals surface area contributed by atoms with E-state index in [1.807, 2.05) is 25.9 Å². The van der Waals surface area contributed by atoms with Crippen molar-refractivity contribution in [2.75, 3.05) is 19.0 Å². The van der Waals surface area contributed by atoms with E-state index in [0.29, 0.717) is 5.56 Å². The van der Waals surface area contributed by atoms with Crippen molar-refractivity contribution in [2.24, 2.45) is 0 Å². The molecule has 7 nitrogen and oxygen atoms in total. The summed E-state index contributed by atoms with van der Waals surface area (Å²) < 4.78 is 2.10. The first-order valence-corrected chi connectivity index (χ1v) is 7.42. The number of hydrogen-bond acceptors (Lipinski definition) is 5. The highest BCUT2D eigenvalue weighted by Gasteiger charge is 2.22. The van der Waals surface area contributed by atoms with E-state index in [-0.39, 0.29) is 11.9 Å². The first-order chi connectivity index (χ1) is 10.6. The number of carbonyl (C=O) groups excluding carboxylic acids is 1. The van der Waals surface area contributed by atoms with Gasteiger partial charge in [-0.1, -0.05) is 0 Å². The highest BCUT2D eigenvalue weighted by atomic mass is 16.1. The van der Waals surface area contributed by atoms with E-state index in [9.17, 15) is 4.79 Å². The maximum Gasteiger partial charge on any atom is 0.252 e. The maximum atomic E-state index is 12.4. The molecule has 22 heavy (non-hydrogen) atoms. The first kappa shape index (κ1) is 14.5. The van der Waals surface area contributed by atoms with Gasteiger partial charge >= 0.3 is 0 Å². The number of carbonyl (C=O) groups is 1. The van der Waals surface area contributed by atoms with Gasteiger partial charge in [0.25, 0.3) is 5.91 Å². The fourth-order valence-electron chi connectivity index (χ4n) is 2.64. The number of amides is 1. The fraction of sp³-hybridized carbons (Fsp3) is 0.467. The molecule has 1 aliphatic rings. The molecule has 0 saturated heterocycles. The Morgan fingerprint density at radius 3 is 3.00 bits per heavy atom. The number of aryl methyl sites for hydroxylation is 1. The van der Waals surface area contributed by atoms with Crippen molar-refractivity contribution in [1.29, 1.82) is 0 Å². The number of anilines is 1. The monoisotopic (exact) mass is 300 g/mol. The molecule has 0 radical (unpaired) electrons. The molecule has 0 fully saturated rings. The van der Waals surface area contributed by atoms with Crippen LogP contribution in [-0.2, 0) is 13.0 Å². The highest BCUT2D eigenvalue weighted by Crippen LogP contribution is 2.19. The summed E-state index contributed by atoms with van der Waals surface area (Å²) in [6.45, 7) is 2.86. The van der Waals surface area contributed by atoms with Crippen LogP contribution in [0.2, 0.25) is 0 Å². The van der Waals surface area contributed by atoms with Crippen LogP contribution in [0.4, 0.5) is 5.82 Å². The van der Waals surface area contributed by atoms with E-state index in [2.05, 4.69) is 25.1 Å². The summed E-state index contributed by atoms with van der Waals surface area (Å²) in [5.74, 6) is 2.45. The van der Waals surface area contributed by atoms with Gasteiger partial charge in [-0.2, -0.15) is 0 Å². The largest absolute Gasteiger partial charge is 0.363 e. The molecule has 1 unspecified atom stereocenters. The lowest BCUT2D eigenvalue weighted by atomic mass is 10.2. The number of hydrogen-bond donors (Lipinski definition) is 1. The van der Waals surface area contributed by atoms with E-state index in [4.69, 9.17) is 0 Å². The number of nitrogens with zero attached hydrogens (tertiary/aromatic N) is 5. The van der Waals surface area contributed by atoms with Crippen molar-refractivity contribution >= 4 is 11.7 Å². The van der Waals surface area contributed by atoms with Gasteiger partial charge in [0.2, 0.25) is 0 Å². The molecule has 3 heterocycles. The summed E-state index contributed by atoms with van der Waals surface area (Å²) in [5.41, 5.74) is 0.590. The molecular formula is C15H20N6O. The Morgan fingerprint density at radius 1 is 1.41 bits per heavy atom. The zero-order chi connectivity index (χ0) is 15.7. The molecule has 2 aromatic rings. The lowest BCUT2D eigenvalue weighted by Gasteiger charge is -2.15. The normalized spacial score (nSPS) is 14.5. The fourth-order valence-corrected chi connectivity index (χ4v) is 2.64. The van der Waals surface area contributed by atoms with Gasteiger partial charge in [0.1, 0.15) is 11.6 Å². The molecule has 2 aromatic heterocycles. The van der Waals surface area contributed by atoms with Crippen LogP contribution in [0.1, 0.15) is 41.4 Å². The number of pyridine rings is 1. The zero-order valence-corrected chi connectivity index (χ0v) is 13.1. The minimum absolute atomic E-state index is 0.131. The molecule has 1 amide bonds. The number of fused-ring (bicyclic) bond motifs is 1. The van der Waals surface area contributed by atoms with Crippen LogP contribution in [0.25, 0.3) is 0 Å². The highest BCUT2D eigenvalue weighted by molar-refractivity contribution is 5.95. The van der Waals surface area contributed by atoms with Gasteiger partial charge in [0.15, 0.2) is 5.82 Å². The molecule has 0 saturated carbocycles. The minimum atomic E-state index is -0.178. The number of rotatable bonds is 4. The standard InChI is InChI=1S/C15H20N6O/c1-10(14-19-18-12-5-4-8-21(12)14)17-15(22)11-6-7-16-13(9-11)20(2)3/h6-7,9-10H,4-5,8H2,1-3H3,(H,17,22). The third-order valence-corrected chi connectivity index (χ3v) is 3.84. The quantitative estimate of drug-likeness (QED) is 0.917. The summed E-state index contributed by atoms with van der Waals surface area (Å²) >= 11 is 0. The van der Waals surface area contributed by atoms with Crippen molar-refractivity contribution in [1.82, 2.24) is 25.1 Å². The predicted octanol–water partition coefficient (Wildman–Crippen LogP) is 1.18. The average Bonchev–Trinajstić information content (AvgIpc) is 3.09. The Bertz CT molecular complexity index is 693. The van der Waals surface area contributed by atoms with Crippen molar-refractivity contribution in [3.05, 3.63) is 35.5 Å². The molecule has 0 aromatic carbocycles. The van der Waals surface area contributed by atoms with Crippen LogP contribution in [0.3, 0.4) is 0 Å². The predicted molar refractivity (Wildman–Crippen MR) is 82.8 cm³/mol. The van der Waals surface area contributed by atoms with Crippen LogP contribution < -0.4 is 10.2 Å². The van der Waals surface area contributed by atoms with Gasteiger partial charge in [-0.3, -0.25) is 4.79 Å². The van der Waals surface area contributed by atoms with Crippen LogP contribution >= 0.6 is 0 Å². The molecule has 0 aliphatic carbocycles. The Balaban J connectivity index is 1.75. The summed E-state index contributed by atoms with van der Waals surface area (Å²) in [6.07, 6.45) is 3.70. The van der Waals surface area contributed by atoms with E-state index >= 15 is 0 Å². The van der Waals surface area contributed by atoms with E-state index in [0.717, 1.165) is 36.9 Å². The van der Waals surface area contributed by atoms with Crippen molar-refractivity contribution < 1.29 is 4.79 Å². The lowest BCUT2D eigenvalue weighted by molar-refractivity contribution is 0.0937. The van der Waals surface area contributed by atoms with Crippen molar-refractivity contribution in [3.63, 3.8) is 0 Å². The van der Waals surface area contributed by atoms with Crippen LogP contribution in [0.5, 0.6) is 0 Å². The molecule has 1 aliphatic heterocycles. The van der Waals surface area contributed by atoms with E-state index in [1.54, 1.807) is 18.3 Å². The van der Waals surface area contributed by atoms with Crippen LogP contribution in [-0.4, -0.2) is 39.8 Å². The second-order valence-electron chi connectivity index (χ2n) is 5.72. The summed E-state index contributed by atoms with van der Waals surface area (Å²) in [7, 11) is 3.79. The second kappa shape index (κ2) is 5.75. The van der Waals surface area contributed by atoms with Crippen molar-refractivity contribution in [2.45, 2.75) is 32.4 Å². The van der Waals surface area contributed by atoms with E-state index < -0.39 is 0 Å². The molecule has 1 N–H and O–H groups in total. The zero-order valence-electron chi connectivity index (χ0n) is 13.1. The van der Waals surface area contributed by atoms with E-state index in [1.165, 1.54) is 0 Å². The minimum Gasteiger partial charge on any atom is -0.363 e. The molecular weight excluding hydrogens is 280 g/mol. The Morgan fingerprint density at radius 2 is 2.23 bits per heavy atom. The van der Waals surface area contributed by atoms with Gasteiger partial charge in [-0.15, -0.1) is 10.2 Å². The smallest absolute Gasteiger partial charge is 0.252 e. The summed E-state index contributed by atoms with van der Waals surface area (Å²) in [5, 5.41) is 11.4. The Hall–Kier alpha value is -2.44. The summed E-state index contributed by atoms with van der Waals surface area (Å²) in [6, 6.07) is 3.31. The van der Waals surface area contributed by atoms with Gasteiger partial charge < -0.3 is 14.8 Å². The molecule has 3 rings (SSSR count). The van der Waals surface area contributed by atoms with Gasteiger partial charge in [0.05, 0.1) is 6.04 Å². The van der Waals surface area contributed by atoms with Crippen molar-refractivity contribution in [3.8, 4) is 0 Å². The Kier molecular flexibility index (Phi) is 3.79. The SMILES string of the molecule is CC(NC(=O)c1ccnc(N(C)C)c1)c1nnc2n1CCC2. The van der Waals surface area contributed by atoms with Gasteiger partial charge in [-0.05, 0) is 25.5 Å². The Labute approximate surface area is 129 Å². The van der Waals surface area contributed by atoms with Crippen LogP contribution in [0.15, 0.2) is 18.3 Å². The lowest BCUT2D eigenvalue weighted by Crippen LogP contribution is -2.29. The topological polar surface area (TPSA) is 75.9 Å². The van der Waals surface area contributed by atoms with Crippen LogP contribution in [0, 0.1) is 0 Å². The average molecular weight is 300 g/mol. The van der Waals surface area contributed by atoms with Gasteiger partial charge in [-0.25, -0.2) is 4.98 Å². The molecule has 0 spiro atoms. The second-order valence-corrected chi connectivity index (χ2v) is 5.72.